The van der Waals surface area contributed by atoms with E-state index in [9.17, 15) is 4.79 Å². The summed E-state index contributed by atoms with van der Waals surface area (Å²) in [5, 5.41) is 16.0. The molecule has 29 heavy (non-hydrogen) atoms. The molecule has 1 heterocycles. The highest BCUT2D eigenvalue weighted by molar-refractivity contribution is 6.30. The second-order valence-electron chi connectivity index (χ2n) is 6.27. The van der Waals surface area contributed by atoms with Crippen molar-refractivity contribution >= 4 is 17.5 Å². The minimum atomic E-state index is -0.566. The van der Waals surface area contributed by atoms with Gasteiger partial charge in [-0.2, -0.15) is 4.80 Å². The molecule has 1 N–H and O–H groups in total. The summed E-state index contributed by atoms with van der Waals surface area (Å²) >= 11 is 5.91. The molecule has 8 nitrogen and oxygen atoms in total. The number of methoxy groups -OCH3 is 2. The Labute approximate surface area is 173 Å². The molecule has 0 saturated carbocycles. The van der Waals surface area contributed by atoms with Crippen LogP contribution in [0, 0.1) is 0 Å². The predicted octanol–water partition coefficient (Wildman–Crippen LogP) is 3.28. The van der Waals surface area contributed by atoms with E-state index in [-0.39, 0.29) is 5.91 Å². The summed E-state index contributed by atoms with van der Waals surface area (Å²) in [7, 11) is 3.15. The minimum Gasteiger partial charge on any atom is -0.493 e. The van der Waals surface area contributed by atoms with Crippen LogP contribution in [0.3, 0.4) is 0 Å². The van der Waals surface area contributed by atoms with Crippen LogP contribution in [0.5, 0.6) is 11.5 Å². The summed E-state index contributed by atoms with van der Waals surface area (Å²) in [6, 6.07) is 12.1. The molecular formula is C20H22ClN5O3. The molecule has 1 atom stereocenters. The lowest BCUT2D eigenvalue weighted by Gasteiger charge is -2.14. The largest absolute Gasteiger partial charge is 0.493 e. The van der Waals surface area contributed by atoms with Crippen molar-refractivity contribution in [2.75, 3.05) is 14.2 Å². The number of tetrazole rings is 1. The fraction of sp³-hybridized carbons (Fsp3) is 0.300. The normalized spacial score (nSPS) is 11.7. The van der Waals surface area contributed by atoms with E-state index in [1.54, 1.807) is 32.4 Å². The molecule has 2 aromatic carbocycles. The predicted molar refractivity (Wildman–Crippen MR) is 109 cm³/mol. The van der Waals surface area contributed by atoms with Crippen LogP contribution < -0.4 is 14.8 Å². The number of rotatable bonds is 8. The van der Waals surface area contributed by atoms with Crippen LogP contribution in [-0.4, -0.2) is 40.3 Å². The SMILES string of the molecule is CC[C@@H](C(=O)NCc1ccc(OC)c(OC)c1)n1nnc(-c2ccc(Cl)cc2)n1. The summed E-state index contributed by atoms with van der Waals surface area (Å²) in [5.41, 5.74) is 1.67. The van der Waals surface area contributed by atoms with Crippen LogP contribution in [0.2, 0.25) is 5.02 Å². The second-order valence-corrected chi connectivity index (χ2v) is 6.71. The number of carbonyl (C=O) groups is 1. The number of nitrogens with one attached hydrogen (secondary N) is 1. The zero-order chi connectivity index (χ0) is 20.8. The van der Waals surface area contributed by atoms with Gasteiger partial charge in [0.15, 0.2) is 17.5 Å². The van der Waals surface area contributed by atoms with Crippen molar-refractivity contribution < 1.29 is 14.3 Å². The molecule has 0 aliphatic rings. The lowest BCUT2D eigenvalue weighted by Crippen LogP contribution is -2.33. The third kappa shape index (κ3) is 4.83. The molecule has 1 aromatic heterocycles. The van der Waals surface area contributed by atoms with Gasteiger partial charge in [0.1, 0.15) is 0 Å². The Balaban J connectivity index is 1.69. The lowest BCUT2D eigenvalue weighted by molar-refractivity contribution is -0.125. The van der Waals surface area contributed by atoms with Gasteiger partial charge in [0.2, 0.25) is 11.7 Å². The molecule has 0 bridgehead atoms. The molecule has 0 unspecified atom stereocenters. The highest BCUT2D eigenvalue weighted by atomic mass is 35.5. The Morgan fingerprint density at radius 3 is 2.52 bits per heavy atom. The number of hydrogen-bond donors (Lipinski definition) is 1. The van der Waals surface area contributed by atoms with Crippen molar-refractivity contribution in [2.45, 2.75) is 25.9 Å². The van der Waals surface area contributed by atoms with Crippen molar-refractivity contribution in [3.05, 3.63) is 53.1 Å². The summed E-state index contributed by atoms with van der Waals surface area (Å²) in [6.45, 7) is 2.24. The molecule has 9 heteroatoms. The Bertz CT molecular complexity index is 975. The molecule has 1 amide bonds. The number of halogens is 1. The number of hydrogen-bond acceptors (Lipinski definition) is 6. The zero-order valence-electron chi connectivity index (χ0n) is 16.4. The highest BCUT2D eigenvalue weighted by Crippen LogP contribution is 2.27. The van der Waals surface area contributed by atoms with E-state index < -0.39 is 6.04 Å². The van der Waals surface area contributed by atoms with Gasteiger partial charge in [0.05, 0.1) is 14.2 Å². The maximum atomic E-state index is 12.7. The molecule has 3 aromatic rings. The first-order valence-corrected chi connectivity index (χ1v) is 9.47. The van der Waals surface area contributed by atoms with E-state index in [4.69, 9.17) is 21.1 Å². The Morgan fingerprint density at radius 1 is 1.14 bits per heavy atom. The average Bonchev–Trinajstić information content (AvgIpc) is 3.22. The maximum absolute atomic E-state index is 12.7. The van der Waals surface area contributed by atoms with Crippen LogP contribution in [0.4, 0.5) is 0 Å². The second kappa shape index (κ2) is 9.38. The summed E-state index contributed by atoms with van der Waals surface area (Å²) in [6.07, 6.45) is 0.522. The van der Waals surface area contributed by atoms with Crippen molar-refractivity contribution in [1.82, 2.24) is 25.5 Å². The third-order valence-corrected chi connectivity index (χ3v) is 4.67. The van der Waals surface area contributed by atoms with Crippen LogP contribution in [0.15, 0.2) is 42.5 Å². The van der Waals surface area contributed by atoms with Gasteiger partial charge in [-0.15, -0.1) is 10.2 Å². The summed E-state index contributed by atoms with van der Waals surface area (Å²) in [4.78, 5) is 14.0. The van der Waals surface area contributed by atoms with E-state index in [0.717, 1.165) is 11.1 Å². The van der Waals surface area contributed by atoms with E-state index in [2.05, 4.69) is 20.7 Å². The topological polar surface area (TPSA) is 91.2 Å². The quantitative estimate of drug-likeness (QED) is 0.607. The first-order valence-electron chi connectivity index (χ1n) is 9.09. The maximum Gasteiger partial charge on any atom is 0.247 e. The van der Waals surface area contributed by atoms with Gasteiger partial charge in [-0.3, -0.25) is 4.79 Å². The van der Waals surface area contributed by atoms with E-state index in [1.165, 1.54) is 4.80 Å². The van der Waals surface area contributed by atoms with Crippen molar-refractivity contribution in [3.8, 4) is 22.9 Å². The molecular weight excluding hydrogens is 394 g/mol. The molecule has 152 valence electrons. The lowest BCUT2D eigenvalue weighted by atomic mass is 10.1. The van der Waals surface area contributed by atoms with Crippen LogP contribution in [0.1, 0.15) is 24.9 Å². The first kappa shape index (κ1) is 20.6. The monoisotopic (exact) mass is 415 g/mol. The van der Waals surface area contributed by atoms with Gasteiger partial charge < -0.3 is 14.8 Å². The molecule has 0 aliphatic carbocycles. The van der Waals surface area contributed by atoms with Crippen molar-refractivity contribution in [3.63, 3.8) is 0 Å². The molecule has 3 rings (SSSR count). The summed E-state index contributed by atoms with van der Waals surface area (Å²) in [5.74, 6) is 1.49. The number of aromatic nitrogens is 4. The number of nitrogens with zero attached hydrogens (tertiary/aromatic N) is 4. The Kier molecular flexibility index (Phi) is 6.66. The fourth-order valence-corrected chi connectivity index (χ4v) is 2.95. The van der Waals surface area contributed by atoms with Crippen LogP contribution in [-0.2, 0) is 11.3 Å². The van der Waals surface area contributed by atoms with Crippen LogP contribution >= 0.6 is 11.6 Å². The summed E-state index contributed by atoms with van der Waals surface area (Å²) < 4.78 is 10.5. The van der Waals surface area contributed by atoms with Gasteiger partial charge >= 0.3 is 0 Å². The van der Waals surface area contributed by atoms with Gasteiger partial charge in [0.25, 0.3) is 0 Å². The zero-order valence-corrected chi connectivity index (χ0v) is 17.2. The van der Waals surface area contributed by atoms with Gasteiger partial charge in [-0.05, 0) is 53.6 Å². The molecule has 0 fully saturated rings. The third-order valence-electron chi connectivity index (χ3n) is 4.41. The number of carbonyl (C=O) groups excluding carboxylic acids is 1. The first-order chi connectivity index (χ1) is 14.0. The highest BCUT2D eigenvalue weighted by Gasteiger charge is 2.22. The molecule has 0 saturated heterocycles. The van der Waals surface area contributed by atoms with Gasteiger partial charge in [-0.25, -0.2) is 0 Å². The molecule has 0 radical (unpaired) electrons. The minimum absolute atomic E-state index is 0.192. The van der Waals surface area contributed by atoms with Crippen molar-refractivity contribution in [1.29, 1.82) is 0 Å². The number of amides is 1. The standard InChI is InChI=1S/C20H22ClN5O3/c1-4-16(26-24-19(23-25-26)14-6-8-15(21)9-7-14)20(27)22-12-13-5-10-17(28-2)18(11-13)29-3/h5-11,16H,4,12H2,1-3H3,(H,22,27)/t16-/m0/s1. The Morgan fingerprint density at radius 2 is 1.86 bits per heavy atom. The number of ether oxygens (including phenoxy) is 2. The molecule has 0 aliphatic heterocycles. The van der Waals surface area contributed by atoms with E-state index in [0.29, 0.717) is 35.3 Å². The van der Waals surface area contributed by atoms with E-state index in [1.807, 2.05) is 31.2 Å². The Hall–Kier alpha value is -3.13. The van der Waals surface area contributed by atoms with Crippen LogP contribution in [0.25, 0.3) is 11.4 Å². The van der Waals surface area contributed by atoms with E-state index >= 15 is 0 Å². The van der Waals surface area contributed by atoms with Gasteiger partial charge in [0, 0.05) is 17.1 Å². The van der Waals surface area contributed by atoms with Gasteiger partial charge in [-0.1, -0.05) is 24.6 Å². The smallest absolute Gasteiger partial charge is 0.247 e. The van der Waals surface area contributed by atoms with Crippen molar-refractivity contribution in [2.24, 2.45) is 0 Å². The number of benzene rings is 2. The molecule has 0 spiro atoms. The average molecular weight is 416 g/mol. The fourth-order valence-electron chi connectivity index (χ4n) is 2.82.